The molecular formula is C12H18N2O4S. The highest BCUT2D eigenvalue weighted by Crippen LogP contribution is 2.13. The van der Waals surface area contributed by atoms with Crippen LogP contribution in [-0.4, -0.2) is 34.1 Å². The molecule has 2 N–H and O–H groups in total. The first-order chi connectivity index (χ1) is 8.99. The molecule has 1 rings (SSSR count). The molecule has 106 valence electrons. The van der Waals surface area contributed by atoms with E-state index in [9.17, 15) is 13.2 Å². The molecule has 0 aliphatic heterocycles. The molecule has 0 saturated carbocycles. The van der Waals surface area contributed by atoms with Crippen LogP contribution in [0.25, 0.3) is 0 Å². The van der Waals surface area contributed by atoms with Gasteiger partial charge >= 0.3 is 5.97 Å². The van der Waals surface area contributed by atoms with Crippen molar-refractivity contribution in [3.8, 4) is 0 Å². The topological polar surface area (TPSA) is 84.5 Å². The molecule has 0 bridgehead atoms. The maximum Gasteiger partial charge on any atom is 0.325 e. The largest absolute Gasteiger partial charge is 0.465 e. The molecule has 0 saturated heterocycles. The monoisotopic (exact) mass is 286 g/mol. The van der Waals surface area contributed by atoms with Gasteiger partial charge in [0, 0.05) is 12.2 Å². The average molecular weight is 286 g/mol. The number of esters is 1. The van der Waals surface area contributed by atoms with Crippen LogP contribution in [0.3, 0.4) is 0 Å². The molecule has 0 heterocycles. The zero-order valence-electron chi connectivity index (χ0n) is 11.0. The molecule has 1 aromatic rings. The Bertz CT molecular complexity index is 511. The van der Waals surface area contributed by atoms with Gasteiger partial charge in [0.15, 0.2) is 0 Å². The highest BCUT2D eigenvalue weighted by molar-refractivity contribution is 7.89. The fraction of sp³-hybridized carbons (Fsp3) is 0.417. The number of sulfonamides is 1. The maximum atomic E-state index is 11.7. The summed E-state index contributed by atoms with van der Waals surface area (Å²) >= 11 is 0. The second kappa shape index (κ2) is 7.10. The molecule has 0 amide bonds. The second-order valence-corrected chi connectivity index (χ2v) is 5.45. The quantitative estimate of drug-likeness (QED) is 0.729. The smallest absolute Gasteiger partial charge is 0.325 e. The molecule has 0 atom stereocenters. The number of ether oxygens (including phenoxy) is 1. The van der Waals surface area contributed by atoms with Crippen molar-refractivity contribution in [3.63, 3.8) is 0 Å². The number of carbonyl (C=O) groups excluding carboxylic acids is 1. The summed E-state index contributed by atoms with van der Waals surface area (Å²) < 4.78 is 30.5. The van der Waals surface area contributed by atoms with Gasteiger partial charge in [-0.25, -0.2) is 13.1 Å². The minimum absolute atomic E-state index is 0.0488. The number of benzene rings is 1. The van der Waals surface area contributed by atoms with Gasteiger partial charge < -0.3 is 10.1 Å². The summed E-state index contributed by atoms with van der Waals surface area (Å²) in [7, 11) is -3.44. The van der Waals surface area contributed by atoms with Crippen LogP contribution in [0.5, 0.6) is 0 Å². The summed E-state index contributed by atoms with van der Waals surface area (Å²) in [6, 6.07) is 6.16. The standard InChI is InChI=1S/C12H18N2O4S/c1-3-14-19(16,17)11-7-5-10(6-8-11)13-9-12(15)18-4-2/h5-8,13-14H,3-4,9H2,1-2H3. The van der Waals surface area contributed by atoms with E-state index in [1.165, 1.54) is 12.1 Å². The Labute approximate surface area is 113 Å². The minimum Gasteiger partial charge on any atom is -0.465 e. The molecule has 6 nitrogen and oxygen atoms in total. The van der Waals surface area contributed by atoms with E-state index < -0.39 is 10.0 Å². The van der Waals surface area contributed by atoms with Crippen molar-refractivity contribution < 1.29 is 17.9 Å². The second-order valence-electron chi connectivity index (χ2n) is 3.68. The third-order valence-corrected chi connectivity index (χ3v) is 3.80. The lowest BCUT2D eigenvalue weighted by atomic mass is 10.3. The molecule has 0 radical (unpaired) electrons. The van der Waals surface area contributed by atoms with E-state index in [2.05, 4.69) is 10.0 Å². The Morgan fingerprint density at radius 3 is 2.37 bits per heavy atom. The lowest BCUT2D eigenvalue weighted by molar-refractivity contribution is -0.140. The van der Waals surface area contributed by atoms with Gasteiger partial charge in [-0.15, -0.1) is 0 Å². The van der Waals surface area contributed by atoms with Crippen LogP contribution in [-0.2, 0) is 19.6 Å². The van der Waals surface area contributed by atoms with Crippen molar-refractivity contribution in [2.24, 2.45) is 0 Å². The van der Waals surface area contributed by atoms with Gasteiger partial charge in [0.2, 0.25) is 10.0 Å². The summed E-state index contributed by atoms with van der Waals surface area (Å²) in [5.41, 5.74) is 0.656. The van der Waals surface area contributed by atoms with Gasteiger partial charge in [0.25, 0.3) is 0 Å². The van der Waals surface area contributed by atoms with E-state index >= 15 is 0 Å². The fourth-order valence-corrected chi connectivity index (χ4v) is 2.45. The van der Waals surface area contributed by atoms with Crippen LogP contribution >= 0.6 is 0 Å². The van der Waals surface area contributed by atoms with Crippen molar-refractivity contribution in [2.75, 3.05) is 25.0 Å². The first kappa shape index (κ1) is 15.5. The third-order valence-electron chi connectivity index (χ3n) is 2.24. The Morgan fingerprint density at radius 2 is 1.84 bits per heavy atom. The van der Waals surface area contributed by atoms with E-state index in [0.29, 0.717) is 18.8 Å². The normalized spacial score (nSPS) is 11.1. The average Bonchev–Trinajstić information content (AvgIpc) is 2.37. The van der Waals surface area contributed by atoms with E-state index in [1.54, 1.807) is 26.0 Å². The molecule has 0 spiro atoms. The number of carbonyl (C=O) groups is 1. The summed E-state index contributed by atoms with van der Waals surface area (Å²) in [6.45, 7) is 4.17. The Kier molecular flexibility index (Phi) is 5.78. The Balaban J connectivity index is 2.64. The van der Waals surface area contributed by atoms with Crippen molar-refractivity contribution in [1.29, 1.82) is 0 Å². The Morgan fingerprint density at radius 1 is 1.21 bits per heavy atom. The molecule has 0 unspecified atom stereocenters. The lowest BCUT2D eigenvalue weighted by Crippen LogP contribution is -2.23. The zero-order chi connectivity index (χ0) is 14.3. The first-order valence-electron chi connectivity index (χ1n) is 5.98. The highest BCUT2D eigenvalue weighted by atomic mass is 32.2. The molecular weight excluding hydrogens is 268 g/mol. The van der Waals surface area contributed by atoms with Crippen LogP contribution in [0.2, 0.25) is 0 Å². The fourth-order valence-electron chi connectivity index (χ4n) is 1.41. The third kappa shape index (κ3) is 4.88. The molecule has 0 aliphatic rings. The molecule has 19 heavy (non-hydrogen) atoms. The molecule has 7 heteroatoms. The predicted molar refractivity (Wildman–Crippen MR) is 72.4 cm³/mol. The number of hydrogen-bond acceptors (Lipinski definition) is 5. The van der Waals surface area contributed by atoms with Crippen LogP contribution in [0.1, 0.15) is 13.8 Å². The number of hydrogen-bond donors (Lipinski definition) is 2. The molecule has 1 aromatic carbocycles. The van der Waals surface area contributed by atoms with Crippen molar-refractivity contribution in [1.82, 2.24) is 4.72 Å². The summed E-state index contributed by atoms with van der Waals surface area (Å²) in [6.07, 6.45) is 0. The maximum absolute atomic E-state index is 11.7. The molecule has 0 fully saturated rings. The first-order valence-corrected chi connectivity index (χ1v) is 7.47. The number of anilines is 1. The van der Waals surface area contributed by atoms with E-state index in [0.717, 1.165) is 0 Å². The van der Waals surface area contributed by atoms with Gasteiger partial charge in [-0.1, -0.05) is 6.92 Å². The van der Waals surface area contributed by atoms with Crippen LogP contribution < -0.4 is 10.0 Å². The van der Waals surface area contributed by atoms with Crippen LogP contribution in [0.4, 0.5) is 5.69 Å². The van der Waals surface area contributed by atoms with Crippen molar-refractivity contribution >= 4 is 21.7 Å². The summed E-state index contributed by atoms with van der Waals surface area (Å²) in [5.74, 6) is -0.355. The van der Waals surface area contributed by atoms with Gasteiger partial charge in [0.05, 0.1) is 11.5 Å². The van der Waals surface area contributed by atoms with Crippen LogP contribution in [0.15, 0.2) is 29.2 Å². The van der Waals surface area contributed by atoms with E-state index in [4.69, 9.17) is 4.74 Å². The van der Waals surface area contributed by atoms with Gasteiger partial charge in [-0.05, 0) is 31.2 Å². The van der Waals surface area contributed by atoms with Gasteiger partial charge in [-0.3, -0.25) is 4.79 Å². The van der Waals surface area contributed by atoms with Crippen molar-refractivity contribution in [3.05, 3.63) is 24.3 Å². The Hall–Kier alpha value is -1.60. The number of nitrogens with one attached hydrogen (secondary N) is 2. The van der Waals surface area contributed by atoms with Crippen molar-refractivity contribution in [2.45, 2.75) is 18.7 Å². The zero-order valence-corrected chi connectivity index (χ0v) is 11.8. The summed E-state index contributed by atoms with van der Waals surface area (Å²) in [4.78, 5) is 11.3. The van der Waals surface area contributed by atoms with Gasteiger partial charge in [0.1, 0.15) is 6.54 Å². The summed E-state index contributed by atoms with van der Waals surface area (Å²) in [5, 5.41) is 2.85. The van der Waals surface area contributed by atoms with Gasteiger partial charge in [-0.2, -0.15) is 0 Å². The van der Waals surface area contributed by atoms with E-state index in [-0.39, 0.29) is 17.4 Å². The molecule has 0 aromatic heterocycles. The van der Waals surface area contributed by atoms with E-state index in [1.807, 2.05) is 0 Å². The highest BCUT2D eigenvalue weighted by Gasteiger charge is 2.11. The van der Waals surface area contributed by atoms with Crippen LogP contribution in [0, 0.1) is 0 Å². The predicted octanol–water partition coefficient (Wildman–Crippen LogP) is 0.960. The SMILES string of the molecule is CCNS(=O)(=O)c1ccc(NCC(=O)OCC)cc1. The lowest BCUT2D eigenvalue weighted by Gasteiger charge is -2.08. The minimum atomic E-state index is -3.44. The number of rotatable bonds is 7. The molecule has 0 aliphatic carbocycles.